The molecule has 2 amide bonds. The molecule has 0 radical (unpaired) electrons. The van der Waals surface area contributed by atoms with Crippen molar-refractivity contribution in [3.63, 3.8) is 0 Å². The van der Waals surface area contributed by atoms with Gasteiger partial charge in [0.2, 0.25) is 5.91 Å². The first-order valence-electron chi connectivity index (χ1n) is 15.9. The topological polar surface area (TPSA) is 83.1 Å². The summed E-state index contributed by atoms with van der Waals surface area (Å²) in [5.74, 6) is 0.207. The maximum absolute atomic E-state index is 13.2. The van der Waals surface area contributed by atoms with Gasteiger partial charge in [0, 0.05) is 40.5 Å². The number of nitrogens with one attached hydrogen (secondary N) is 3. The van der Waals surface area contributed by atoms with Crippen LogP contribution in [0.5, 0.6) is 0 Å². The molecule has 216 valence electrons. The number of fused-ring (bicyclic) bond motifs is 1. The quantitative estimate of drug-likeness (QED) is 0.307. The highest BCUT2D eigenvalue weighted by Gasteiger charge is 2.44. The molecule has 1 spiro atoms. The van der Waals surface area contributed by atoms with E-state index in [1.807, 2.05) is 54.7 Å². The van der Waals surface area contributed by atoms with E-state index in [1.54, 1.807) is 6.20 Å². The number of amides is 2. The molecule has 1 aliphatic heterocycles. The van der Waals surface area contributed by atoms with Crippen molar-refractivity contribution in [3.05, 3.63) is 72.1 Å². The Balaban J connectivity index is 1.02. The van der Waals surface area contributed by atoms with E-state index in [2.05, 4.69) is 20.9 Å². The molecule has 2 aromatic carbocycles. The summed E-state index contributed by atoms with van der Waals surface area (Å²) in [5, 5.41) is 12.4. The summed E-state index contributed by atoms with van der Waals surface area (Å²) in [6, 6.07) is 15.7. The lowest BCUT2D eigenvalue weighted by Gasteiger charge is -2.43. The first kappa shape index (κ1) is 27.9. The third-order valence-corrected chi connectivity index (χ3v) is 9.63. The van der Waals surface area contributed by atoms with Crippen molar-refractivity contribution in [1.82, 2.24) is 15.6 Å². The summed E-state index contributed by atoms with van der Waals surface area (Å²) >= 11 is 0. The molecule has 0 bridgehead atoms. The van der Waals surface area contributed by atoms with Crippen LogP contribution in [0.1, 0.15) is 112 Å². The van der Waals surface area contributed by atoms with Crippen molar-refractivity contribution in [3.8, 4) is 0 Å². The highest BCUT2D eigenvalue weighted by atomic mass is 16.2. The molecule has 6 heteroatoms. The zero-order chi connectivity index (χ0) is 28.1. The molecule has 2 heterocycles. The number of hydrogen-bond donors (Lipinski definition) is 3. The van der Waals surface area contributed by atoms with E-state index in [1.165, 1.54) is 77.0 Å². The molecule has 3 aliphatic rings. The summed E-state index contributed by atoms with van der Waals surface area (Å²) < 4.78 is 0. The van der Waals surface area contributed by atoms with Crippen molar-refractivity contribution in [2.45, 2.75) is 108 Å². The predicted octanol–water partition coefficient (Wildman–Crippen LogP) is 7.46. The van der Waals surface area contributed by atoms with Gasteiger partial charge in [-0.2, -0.15) is 0 Å². The maximum atomic E-state index is 13.2. The van der Waals surface area contributed by atoms with Gasteiger partial charge in [0.15, 0.2) is 0 Å². The molecule has 6 nitrogen and oxygen atoms in total. The maximum Gasteiger partial charge on any atom is 0.252 e. The molecule has 3 aromatic rings. The van der Waals surface area contributed by atoms with Gasteiger partial charge < -0.3 is 10.6 Å². The smallest absolute Gasteiger partial charge is 0.252 e. The number of carbonyl (C=O) groups is 2. The molecule has 3 unspecified atom stereocenters. The van der Waals surface area contributed by atoms with Crippen molar-refractivity contribution in [2.75, 3.05) is 5.32 Å². The summed E-state index contributed by atoms with van der Waals surface area (Å²) in [4.78, 5) is 30.3. The zero-order valence-electron chi connectivity index (χ0n) is 24.2. The fourth-order valence-corrected chi connectivity index (χ4v) is 7.15. The van der Waals surface area contributed by atoms with E-state index in [4.69, 9.17) is 0 Å². The number of aromatic nitrogens is 1. The first-order valence-corrected chi connectivity index (χ1v) is 15.9. The molecule has 2 saturated carbocycles. The van der Waals surface area contributed by atoms with Crippen LogP contribution >= 0.6 is 0 Å². The van der Waals surface area contributed by atoms with Gasteiger partial charge in [0.1, 0.15) is 0 Å². The molecule has 3 N–H and O–H groups in total. The number of piperidine rings is 1. The van der Waals surface area contributed by atoms with Crippen LogP contribution in [0.15, 0.2) is 60.9 Å². The van der Waals surface area contributed by atoms with Gasteiger partial charge in [-0.3, -0.25) is 19.9 Å². The van der Waals surface area contributed by atoms with Crippen LogP contribution < -0.4 is 16.0 Å². The summed E-state index contributed by atoms with van der Waals surface area (Å²) in [6.07, 6.45) is 21.0. The van der Waals surface area contributed by atoms with Gasteiger partial charge in [-0.25, -0.2) is 0 Å². The van der Waals surface area contributed by atoms with Crippen LogP contribution in [0.2, 0.25) is 0 Å². The number of nitrogens with zero attached hydrogens (tertiary/aromatic N) is 1. The Labute approximate surface area is 244 Å². The number of benzene rings is 2. The van der Waals surface area contributed by atoms with Crippen molar-refractivity contribution < 1.29 is 9.59 Å². The number of carbonyl (C=O) groups excluding carboxylic acids is 2. The second-order valence-corrected chi connectivity index (χ2v) is 12.7. The molecule has 2 aliphatic carbocycles. The van der Waals surface area contributed by atoms with E-state index in [0.29, 0.717) is 5.56 Å². The lowest BCUT2D eigenvalue weighted by atomic mass is 9.79. The number of rotatable bonds is 5. The standard InChI is InChI=1S/C35H44N4O2/c40-33(38-32-10-9-20-35(39-32)18-7-5-3-1-2-4-6-8-19-35)26-13-11-25(12-14-26)30-23-31(30)34(41)37-29-16-15-28-24-36-21-17-27(28)22-29/h11-17,21-22,24,30-32,39H,1-10,18-20,23H2,(H,37,41)(H,38,40). The molecular formula is C35H44N4O2. The highest BCUT2D eigenvalue weighted by molar-refractivity contribution is 5.97. The summed E-state index contributed by atoms with van der Waals surface area (Å²) in [5.41, 5.74) is 2.80. The third-order valence-electron chi connectivity index (χ3n) is 9.63. The third kappa shape index (κ3) is 6.98. The second kappa shape index (κ2) is 12.7. The molecule has 41 heavy (non-hydrogen) atoms. The first-order chi connectivity index (χ1) is 20.1. The summed E-state index contributed by atoms with van der Waals surface area (Å²) in [7, 11) is 0. The average molecular weight is 553 g/mol. The minimum atomic E-state index is -0.0352. The highest BCUT2D eigenvalue weighted by Crippen LogP contribution is 2.48. The normalized spacial score (nSPS) is 24.7. The molecule has 6 rings (SSSR count). The number of anilines is 1. The zero-order valence-corrected chi connectivity index (χ0v) is 24.2. The van der Waals surface area contributed by atoms with Crippen molar-refractivity contribution in [2.24, 2.45) is 5.92 Å². The molecule has 1 saturated heterocycles. The lowest BCUT2D eigenvalue weighted by molar-refractivity contribution is -0.117. The molecule has 1 aromatic heterocycles. The SMILES string of the molecule is O=C(NC1CCCC2(CCCCCCCCCC2)N1)c1ccc(C2CC2C(=O)Nc2ccc3cnccc3c2)cc1. The largest absolute Gasteiger partial charge is 0.337 e. The fourth-order valence-electron chi connectivity index (χ4n) is 7.15. The van der Waals surface area contributed by atoms with E-state index in [0.717, 1.165) is 34.9 Å². The Morgan fingerprint density at radius 3 is 2.27 bits per heavy atom. The van der Waals surface area contributed by atoms with Gasteiger partial charge in [-0.15, -0.1) is 0 Å². The van der Waals surface area contributed by atoms with Gasteiger partial charge >= 0.3 is 0 Å². The lowest BCUT2D eigenvalue weighted by Crippen LogP contribution is -2.59. The Kier molecular flexibility index (Phi) is 8.66. The van der Waals surface area contributed by atoms with Crippen molar-refractivity contribution in [1.29, 1.82) is 0 Å². The van der Waals surface area contributed by atoms with Crippen molar-refractivity contribution >= 4 is 28.3 Å². The molecule has 3 fully saturated rings. The van der Waals surface area contributed by atoms with Crippen LogP contribution in [0.4, 0.5) is 5.69 Å². The fraction of sp³-hybridized carbons (Fsp3) is 0.514. The van der Waals surface area contributed by atoms with E-state index >= 15 is 0 Å². The predicted molar refractivity (Wildman–Crippen MR) is 165 cm³/mol. The van der Waals surface area contributed by atoms with Gasteiger partial charge in [-0.1, -0.05) is 69.6 Å². The van der Waals surface area contributed by atoms with Crippen LogP contribution in [0, 0.1) is 5.92 Å². The minimum absolute atomic E-state index is 0.0145. The minimum Gasteiger partial charge on any atom is -0.337 e. The monoisotopic (exact) mass is 552 g/mol. The van der Waals surface area contributed by atoms with Crippen LogP contribution in [-0.4, -0.2) is 28.5 Å². The Morgan fingerprint density at radius 1 is 0.805 bits per heavy atom. The van der Waals surface area contributed by atoms with E-state index < -0.39 is 0 Å². The second-order valence-electron chi connectivity index (χ2n) is 12.7. The Bertz CT molecular complexity index is 1340. The number of pyridine rings is 1. The Morgan fingerprint density at radius 2 is 1.51 bits per heavy atom. The molecular weight excluding hydrogens is 508 g/mol. The van der Waals surface area contributed by atoms with E-state index in [9.17, 15) is 9.59 Å². The van der Waals surface area contributed by atoms with Gasteiger partial charge in [0.05, 0.1) is 6.17 Å². The number of hydrogen-bond acceptors (Lipinski definition) is 4. The van der Waals surface area contributed by atoms with Gasteiger partial charge in [-0.05, 0) is 85.7 Å². The van der Waals surface area contributed by atoms with Crippen LogP contribution in [-0.2, 0) is 4.79 Å². The Hall–Kier alpha value is -3.25. The van der Waals surface area contributed by atoms with Crippen LogP contribution in [0.3, 0.4) is 0 Å². The van der Waals surface area contributed by atoms with Gasteiger partial charge in [0.25, 0.3) is 5.91 Å². The van der Waals surface area contributed by atoms with E-state index in [-0.39, 0.29) is 35.4 Å². The molecule has 3 atom stereocenters. The summed E-state index contributed by atoms with van der Waals surface area (Å²) in [6.45, 7) is 0. The van der Waals surface area contributed by atoms with Crippen LogP contribution in [0.25, 0.3) is 10.8 Å². The average Bonchev–Trinajstić information content (AvgIpc) is 3.80.